The van der Waals surface area contributed by atoms with Gasteiger partial charge in [-0.05, 0) is 55.6 Å². The van der Waals surface area contributed by atoms with E-state index in [2.05, 4.69) is 29.0 Å². The maximum absolute atomic E-state index is 10.2. The standard InChI is InChI=1S/C21H25N3O2.ClH/c1-4-24(5-2)14-15-12-16(6-9-21(15)25)23-20-10-11-22-19-8-7-17(26-3)13-18(19)20;/h6-13,25H,4-5,14H2,1-3H3,(H,22,23);1H. The smallest absolute Gasteiger partial charge is 0.120 e. The molecule has 144 valence electrons. The van der Waals surface area contributed by atoms with E-state index in [9.17, 15) is 5.11 Å². The molecule has 0 aliphatic rings. The van der Waals surface area contributed by atoms with Crippen molar-refractivity contribution in [3.63, 3.8) is 0 Å². The first-order chi connectivity index (χ1) is 12.6. The third-order valence-electron chi connectivity index (χ3n) is 4.60. The number of hydrogen-bond acceptors (Lipinski definition) is 5. The lowest BCUT2D eigenvalue weighted by atomic mass is 10.1. The number of phenols is 1. The van der Waals surface area contributed by atoms with Crippen LogP contribution in [0.5, 0.6) is 11.5 Å². The molecule has 2 N–H and O–H groups in total. The molecule has 1 heterocycles. The Bertz CT molecular complexity index is 898. The molecule has 0 saturated carbocycles. The second-order valence-corrected chi connectivity index (χ2v) is 6.17. The summed E-state index contributed by atoms with van der Waals surface area (Å²) in [5.74, 6) is 1.12. The summed E-state index contributed by atoms with van der Waals surface area (Å²) in [4.78, 5) is 6.68. The van der Waals surface area contributed by atoms with Gasteiger partial charge in [-0.1, -0.05) is 13.8 Å². The van der Waals surface area contributed by atoms with Gasteiger partial charge in [-0.2, -0.15) is 0 Å². The van der Waals surface area contributed by atoms with Crippen LogP contribution in [-0.4, -0.2) is 35.2 Å². The van der Waals surface area contributed by atoms with Crippen molar-refractivity contribution >= 4 is 34.7 Å². The van der Waals surface area contributed by atoms with Gasteiger partial charge in [-0.15, -0.1) is 12.4 Å². The monoisotopic (exact) mass is 387 g/mol. The SMILES string of the molecule is CCN(CC)Cc1cc(Nc2ccnc3ccc(OC)cc23)ccc1O.Cl. The molecule has 0 unspecified atom stereocenters. The number of rotatable bonds is 7. The molecule has 0 bridgehead atoms. The number of halogens is 1. The van der Waals surface area contributed by atoms with Crippen LogP contribution in [0.1, 0.15) is 19.4 Å². The molecule has 3 aromatic rings. The summed E-state index contributed by atoms with van der Waals surface area (Å²) >= 11 is 0. The molecule has 0 fully saturated rings. The van der Waals surface area contributed by atoms with Gasteiger partial charge in [0, 0.05) is 35.1 Å². The Kier molecular flexibility index (Phi) is 7.28. The first-order valence-electron chi connectivity index (χ1n) is 8.88. The Morgan fingerprint density at radius 1 is 1.07 bits per heavy atom. The lowest BCUT2D eigenvalue weighted by molar-refractivity contribution is 0.291. The van der Waals surface area contributed by atoms with Gasteiger partial charge in [0.25, 0.3) is 0 Å². The minimum atomic E-state index is 0. The van der Waals surface area contributed by atoms with E-state index >= 15 is 0 Å². The lowest BCUT2D eigenvalue weighted by Gasteiger charge is -2.19. The molecule has 0 aliphatic heterocycles. The summed E-state index contributed by atoms with van der Waals surface area (Å²) in [6, 6.07) is 13.4. The number of methoxy groups -OCH3 is 1. The Morgan fingerprint density at radius 2 is 1.85 bits per heavy atom. The minimum Gasteiger partial charge on any atom is -0.508 e. The number of pyridine rings is 1. The van der Waals surface area contributed by atoms with Crippen molar-refractivity contribution in [1.82, 2.24) is 9.88 Å². The Balaban J connectivity index is 0.00000261. The first kappa shape index (κ1) is 20.8. The molecular weight excluding hydrogens is 362 g/mol. The maximum atomic E-state index is 10.2. The number of aromatic nitrogens is 1. The highest BCUT2D eigenvalue weighted by Gasteiger charge is 2.09. The Morgan fingerprint density at radius 3 is 2.56 bits per heavy atom. The largest absolute Gasteiger partial charge is 0.508 e. The molecule has 0 spiro atoms. The average Bonchev–Trinajstić information content (AvgIpc) is 2.68. The van der Waals surface area contributed by atoms with Gasteiger partial charge in [0.15, 0.2) is 0 Å². The number of aromatic hydroxyl groups is 1. The molecule has 1 aromatic heterocycles. The van der Waals surface area contributed by atoms with Crippen LogP contribution in [0.15, 0.2) is 48.7 Å². The predicted octanol–water partition coefficient (Wildman–Crippen LogP) is 4.96. The molecule has 6 heteroatoms. The lowest BCUT2D eigenvalue weighted by Crippen LogP contribution is -2.22. The first-order valence-corrected chi connectivity index (χ1v) is 8.88. The molecule has 2 aromatic carbocycles. The molecule has 5 nitrogen and oxygen atoms in total. The highest BCUT2D eigenvalue weighted by molar-refractivity contribution is 5.93. The molecule has 0 atom stereocenters. The van der Waals surface area contributed by atoms with Crippen LogP contribution in [0.25, 0.3) is 10.9 Å². The summed E-state index contributed by atoms with van der Waals surface area (Å²) in [5.41, 5.74) is 3.70. The molecule has 0 aliphatic carbocycles. The zero-order valence-electron chi connectivity index (χ0n) is 15.9. The van der Waals surface area contributed by atoms with Crippen LogP contribution in [0.2, 0.25) is 0 Å². The van der Waals surface area contributed by atoms with Crippen molar-refractivity contribution in [2.75, 3.05) is 25.5 Å². The van der Waals surface area contributed by atoms with Crippen LogP contribution >= 0.6 is 12.4 Å². The van der Waals surface area contributed by atoms with E-state index in [1.807, 2.05) is 36.4 Å². The van der Waals surface area contributed by atoms with E-state index < -0.39 is 0 Å². The van der Waals surface area contributed by atoms with Gasteiger partial charge >= 0.3 is 0 Å². The van der Waals surface area contributed by atoms with E-state index in [4.69, 9.17) is 4.74 Å². The second kappa shape index (κ2) is 9.44. The summed E-state index contributed by atoms with van der Waals surface area (Å²) in [6.07, 6.45) is 1.79. The second-order valence-electron chi connectivity index (χ2n) is 6.17. The summed E-state index contributed by atoms with van der Waals surface area (Å²) in [5, 5.41) is 14.6. The number of phenolic OH excluding ortho intramolecular Hbond substituents is 1. The third-order valence-corrected chi connectivity index (χ3v) is 4.60. The molecule has 27 heavy (non-hydrogen) atoms. The Hall–Kier alpha value is -2.50. The van der Waals surface area contributed by atoms with Crippen molar-refractivity contribution in [3.05, 3.63) is 54.2 Å². The fraction of sp³-hybridized carbons (Fsp3) is 0.286. The number of nitrogens with zero attached hydrogens (tertiary/aromatic N) is 2. The van der Waals surface area contributed by atoms with E-state index in [1.54, 1.807) is 19.4 Å². The van der Waals surface area contributed by atoms with E-state index in [0.29, 0.717) is 5.75 Å². The van der Waals surface area contributed by atoms with Crippen LogP contribution in [-0.2, 0) is 6.54 Å². The molecule has 0 saturated heterocycles. The topological polar surface area (TPSA) is 57.6 Å². The van der Waals surface area contributed by atoms with E-state index in [0.717, 1.165) is 53.2 Å². The van der Waals surface area contributed by atoms with Gasteiger partial charge in [-0.25, -0.2) is 0 Å². The van der Waals surface area contributed by atoms with E-state index in [-0.39, 0.29) is 12.4 Å². The molecule has 0 amide bonds. The van der Waals surface area contributed by atoms with Crippen molar-refractivity contribution in [2.45, 2.75) is 20.4 Å². The predicted molar refractivity (Wildman–Crippen MR) is 114 cm³/mol. The van der Waals surface area contributed by atoms with Crippen LogP contribution in [0, 0.1) is 0 Å². The Labute approximate surface area is 166 Å². The molecule has 3 rings (SSSR count). The van der Waals surface area contributed by atoms with Crippen LogP contribution in [0.4, 0.5) is 11.4 Å². The van der Waals surface area contributed by atoms with Crippen molar-refractivity contribution < 1.29 is 9.84 Å². The quantitative estimate of drug-likeness (QED) is 0.561. The highest BCUT2D eigenvalue weighted by atomic mass is 35.5. The highest BCUT2D eigenvalue weighted by Crippen LogP contribution is 2.30. The fourth-order valence-corrected chi connectivity index (χ4v) is 2.99. The van der Waals surface area contributed by atoms with Crippen molar-refractivity contribution in [3.8, 4) is 11.5 Å². The zero-order valence-corrected chi connectivity index (χ0v) is 16.7. The number of benzene rings is 2. The summed E-state index contributed by atoms with van der Waals surface area (Å²) < 4.78 is 5.34. The number of fused-ring (bicyclic) bond motifs is 1. The van der Waals surface area contributed by atoms with Crippen LogP contribution in [0.3, 0.4) is 0 Å². The summed E-state index contributed by atoms with van der Waals surface area (Å²) in [7, 11) is 1.66. The maximum Gasteiger partial charge on any atom is 0.120 e. The molecule has 0 radical (unpaired) electrons. The number of nitrogens with one attached hydrogen (secondary N) is 1. The molecular formula is C21H26ClN3O2. The summed E-state index contributed by atoms with van der Waals surface area (Å²) in [6.45, 7) is 6.86. The van der Waals surface area contributed by atoms with Crippen LogP contribution < -0.4 is 10.1 Å². The average molecular weight is 388 g/mol. The normalized spacial score (nSPS) is 10.7. The fourth-order valence-electron chi connectivity index (χ4n) is 2.99. The van der Waals surface area contributed by atoms with Gasteiger partial charge < -0.3 is 15.2 Å². The third kappa shape index (κ3) is 4.81. The van der Waals surface area contributed by atoms with E-state index in [1.165, 1.54) is 0 Å². The minimum absolute atomic E-state index is 0. The number of anilines is 2. The van der Waals surface area contributed by atoms with Gasteiger partial charge in [-0.3, -0.25) is 9.88 Å². The van der Waals surface area contributed by atoms with Gasteiger partial charge in [0.05, 0.1) is 12.6 Å². The van der Waals surface area contributed by atoms with Gasteiger partial charge in [0.2, 0.25) is 0 Å². The van der Waals surface area contributed by atoms with Crippen molar-refractivity contribution in [2.24, 2.45) is 0 Å². The van der Waals surface area contributed by atoms with Gasteiger partial charge in [0.1, 0.15) is 11.5 Å². The number of ether oxygens (including phenoxy) is 1. The zero-order chi connectivity index (χ0) is 18.5. The number of hydrogen-bond donors (Lipinski definition) is 2. The van der Waals surface area contributed by atoms with Crippen molar-refractivity contribution in [1.29, 1.82) is 0 Å².